The van der Waals surface area contributed by atoms with Gasteiger partial charge in [0.1, 0.15) is 0 Å². The molecule has 0 amide bonds. The first kappa shape index (κ1) is 8.60. The Bertz CT molecular complexity index is 420. The number of para-hydroxylation sites is 1. The molecule has 0 bridgehead atoms. The van der Waals surface area contributed by atoms with Crippen molar-refractivity contribution in [3.63, 3.8) is 0 Å². The largest absolute Gasteiger partial charge is 0.345 e. The van der Waals surface area contributed by atoms with E-state index in [4.69, 9.17) is 17.3 Å². The van der Waals surface area contributed by atoms with Crippen LogP contribution in [0.3, 0.4) is 0 Å². The molecule has 0 aliphatic heterocycles. The standard InChI is InChI=1S/C10H11ClN2/c11-9-7-13(6-5-12)10-4-2-1-3-8(9)10/h1-4,7H,5-6,12H2. The third-order valence-corrected chi connectivity index (χ3v) is 2.41. The molecule has 0 saturated heterocycles. The molecule has 0 aliphatic carbocycles. The molecule has 0 atom stereocenters. The number of rotatable bonds is 2. The first-order valence-electron chi connectivity index (χ1n) is 4.26. The second kappa shape index (κ2) is 3.40. The summed E-state index contributed by atoms with van der Waals surface area (Å²) >= 11 is 6.05. The van der Waals surface area contributed by atoms with Crippen molar-refractivity contribution in [1.29, 1.82) is 0 Å². The molecule has 13 heavy (non-hydrogen) atoms. The van der Waals surface area contributed by atoms with Gasteiger partial charge in [-0.15, -0.1) is 0 Å². The summed E-state index contributed by atoms with van der Waals surface area (Å²) in [6, 6.07) is 8.06. The zero-order valence-electron chi connectivity index (χ0n) is 7.20. The lowest BCUT2D eigenvalue weighted by atomic mass is 10.2. The van der Waals surface area contributed by atoms with E-state index >= 15 is 0 Å². The van der Waals surface area contributed by atoms with Crippen molar-refractivity contribution < 1.29 is 0 Å². The van der Waals surface area contributed by atoms with Crippen molar-refractivity contribution in [2.24, 2.45) is 5.73 Å². The van der Waals surface area contributed by atoms with Gasteiger partial charge in [-0.1, -0.05) is 29.8 Å². The Morgan fingerprint density at radius 2 is 2.08 bits per heavy atom. The van der Waals surface area contributed by atoms with Crippen LogP contribution in [0.5, 0.6) is 0 Å². The molecule has 0 fully saturated rings. The predicted molar refractivity (Wildman–Crippen MR) is 56.0 cm³/mol. The van der Waals surface area contributed by atoms with Crippen LogP contribution in [-0.4, -0.2) is 11.1 Å². The van der Waals surface area contributed by atoms with Crippen LogP contribution in [-0.2, 0) is 6.54 Å². The topological polar surface area (TPSA) is 30.9 Å². The lowest BCUT2D eigenvalue weighted by Gasteiger charge is -2.00. The van der Waals surface area contributed by atoms with Crippen molar-refractivity contribution in [3.05, 3.63) is 35.5 Å². The van der Waals surface area contributed by atoms with Gasteiger partial charge in [0.05, 0.1) is 5.02 Å². The second-order valence-electron chi connectivity index (χ2n) is 2.98. The van der Waals surface area contributed by atoms with Crippen LogP contribution in [0.1, 0.15) is 0 Å². The van der Waals surface area contributed by atoms with Crippen molar-refractivity contribution in [2.45, 2.75) is 6.54 Å². The minimum absolute atomic E-state index is 0.634. The number of hydrogen-bond acceptors (Lipinski definition) is 1. The molecular formula is C10H11ClN2. The summed E-state index contributed by atoms with van der Waals surface area (Å²) in [5.41, 5.74) is 6.65. The van der Waals surface area contributed by atoms with Gasteiger partial charge in [0.2, 0.25) is 0 Å². The van der Waals surface area contributed by atoms with Crippen molar-refractivity contribution >= 4 is 22.5 Å². The van der Waals surface area contributed by atoms with Gasteiger partial charge in [-0.2, -0.15) is 0 Å². The fourth-order valence-electron chi connectivity index (χ4n) is 1.53. The molecule has 2 aromatic rings. The van der Waals surface area contributed by atoms with Crippen LogP contribution in [0.2, 0.25) is 5.02 Å². The fraction of sp³-hybridized carbons (Fsp3) is 0.200. The van der Waals surface area contributed by atoms with E-state index in [2.05, 4.69) is 10.6 Å². The number of nitrogens with two attached hydrogens (primary N) is 1. The molecule has 0 unspecified atom stereocenters. The van der Waals surface area contributed by atoms with Crippen molar-refractivity contribution in [1.82, 2.24) is 4.57 Å². The van der Waals surface area contributed by atoms with Gasteiger partial charge < -0.3 is 10.3 Å². The van der Waals surface area contributed by atoms with E-state index in [1.165, 1.54) is 0 Å². The van der Waals surface area contributed by atoms with Gasteiger partial charge in [0, 0.05) is 30.2 Å². The summed E-state index contributed by atoms with van der Waals surface area (Å²) in [5.74, 6) is 0. The molecular weight excluding hydrogens is 184 g/mol. The average Bonchev–Trinajstić information content (AvgIpc) is 2.46. The lowest BCUT2D eigenvalue weighted by molar-refractivity contribution is 0.735. The maximum absolute atomic E-state index is 6.05. The minimum Gasteiger partial charge on any atom is -0.345 e. The van der Waals surface area contributed by atoms with Gasteiger partial charge in [-0.05, 0) is 6.07 Å². The summed E-state index contributed by atoms with van der Waals surface area (Å²) in [5, 5.41) is 1.89. The molecule has 1 heterocycles. The molecule has 2 rings (SSSR count). The Balaban J connectivity index is 2.63. The Hall–Kier alpha value is -0.990. The molecule has 1 aromatic carbocycles. The second-order valence-corrected chi connectivity index (χ2v) is 3.38. The number of fused-ring (bicyclic) bond motifs is 1. The number of aromatic nitrogens is 1. The molecule has 0 radical (unpaired) electrons. The van der Waals surface area contributed by atoms with Gasteiger partial charge in [0.15, 0.2) is 0 Å². The highest BCUT2D eigenvalue weighted by molar-refractivity contribution is 6.35. The zero-order valence-corrected chi connectivity index (χ0v) is 7.96. The summed E-state index contributed by atoms with van der Waals surface area (Å²) in [6.07, 6.45) is 1.93. The molecule has 0 saturated carbocycles. The molecule has 2 N–H and O–H groups in total. The van der Waals surface area contributed by atoms with E-state index in [0.717, 1.165) is 22.5 Å². The third-order valence-electron chi connectivity index (χ3n) is 2.11. The van der Waals surface area contributed by atoms with E-state index in [0.29, 0.717) is 6.54 Å². The van der Waals surface area contributed by atoms with Crippen LogP contribution in [0.4, 0.5) is 0 Å². The van der Waals surface area contributed by atoms with E-state index in [-0.39, 0.29) is 0 Å². The lowest BCUT2D eigenvalue weighted by Crippen LogP contribution is -2.08. The fourth-order valence-corrected chi connectivity index (χ4v) is 1.80. The SMILES string of the molecule is NCCn1cc(Cl)c2ccccc21. The van der Waals surface area contributed by atoms with Crippen molar-refractivity contribution in [3.8, 4) is 0 Å². The third kappa shape index (κ3) is 1.43. The maximum Gasteiger partial charge on any atom is 0.0661 e. The monoisotopic (exact) mass is 194 g/mol. The highest BCUT2D eigenvalue weighted by Crippen LogP contribution is 2.24. The molecule has 0 aliphatic rings. The summed E-state index contributed by atoms with van der Waals surface area (Å²) in [7, 11) is 0. The zero-order chi connectivity index (χ0) is 9.26. The smallest absolute Gasteiger partial charge is 0.0661 e. The maximum atomic E-state index is 6.05. The molecule has 1 aromatic heterocycles. The number of halogens is 1. The molecule has 3 heteroatoms. The van der Waals surface area contributed by atoms with Crippen LogP contribution >= 0.6 is 11.6 Å². The molecule has 0 spiro atoms. The first-order valence-corrected chi connectivity index (χ1v) is 4.64. The number of hydrogen-bond donors (Lipinski definition) is 1. The predicted octanol–water partition coefficient (Wildman–Crippen LogP) is 2.25. The Labute approximate surface area is 81.9 Å². The van der Waals surface area contributed by atoms with Crippen LogP contribution < -0.4 is 5.73 Å². The number of benzene rings is 1. The highest BCUT2D eigenvalue weighted by Gasteiger charge is 2.03. The number of nitrogens with zero attached hydrogens (tertiary/aromatic N) is 1. The highest BCUT2D eigenvalue weighted by atomic mass is 35.5. The average molecular weight is 195 g/mol. The van der Waals surface area contributed by atoms with Gasteiger partial charge in [-0.3, -0.25) is 0 Å². The Morgan fingerprint density at radius 3 is 2.85 bits per heavy atom. The normalized spacial score (nSPS) is 10.9. The van der Waals surface area contributed by atoms with Crippen molar-refractivity contribution in [2.75, 3.05) is 6.54 Å². The quantitative estimate of drug-likeness (QED) is 0.781. The van der Waals surface area contributed by atoms with Crippen LogP contribution in [0, 0.1) is 0 Å². The minimum atomic E-state index is 0.634. The van der Waals surface area contributed by atoms with E-state index in [9.17, 15) is 0 Å². The van der Waals surface area contributed by atoms with Gasteiger partial charge in [0.25, 0.3) is 0 Å². The Morgan fingerprint density at radius 1 is 1.31 bits per heavy atom. The Kier molecular flexibility index (Phi) is 2.25. The summed E-state index contributed by atoms with van der Waals surface area (Å²) in [4.78, 5) is 0. The van der Waals surface area contributed by atoms with E-state index in [1.54, 1.807) is 0 Å². The summed E-state index contributed by atoms with van der Waals surface area (Å²) in [6.45, 7) is 1.45. The first-order chi connectivity index (χ1) is 6.33. The molecule has 68 valence electrons. The summed E-state index contributed by atoms with van der Waals surface area (Å²) < 4.78 is 2.08. The van der Waals surface area contributed by atoms with E-state index < -0.39 is 0 Å². The van der Waals surface area contributed by atoms with Crippen LogP contribution in [0.25, 0.3) is 10.9 Å². The van der Waals surface area contributed by atoms with Crippen LogP contribution in [0.15, 0.2) is 30.5 Å². The van der Waals surface area contributed by atoms with Gasteiger partial charge in [-0.25, -0.2) is 0 Å². The van der Waals surface area contributed by atoms with Gasteiger partial charge >= 0.3 is 0 Å². The molecule has 2 nitrogen and oxygen atoms in total. The van der Waals surface area contributed by atoms with E-state index in [1.807, 2.05) is 24.4 Å².